The van der Waals surface area contributed by atoms with Crippen LogP contribution >= 0.6 is 0 Å². The van der Waals surface area contributed by atoms with Crippen molar-refractivity contribution in [2.75, 3.05) is 13.1 Å². The molecule has 2 N–H and O–H groups in total. The van der Waals surface area contributed by atoms with Crippen LogP contribution in [0.4, 0.5) is 8.78 Å². The van der Waals surface area contributed by atoms with Crippen LogP contribution in [0.5, 0.6) is 0 Å². The van der Waals surface area contributed by atoms with Crippen molar-refractivity contribution in [3.05, 3.63) is 35.4 Å². The van der Waals surface area contributed by atoms with Crippen molar-refractivity contribution in [3.63, 3.8) is 0 Å². The number of rotatable bonds is 5. The summed E-state index contributed by atoms with van der Waals surface area (Å²) in [5.41, 5.74) is 5.61. The molecule has 2 rings (SSSR count). The van der Waals surface area contributed by atoms with E-state index in [2.05, 4.69) is 0 Å². The normalized spacial score (nSPS) is 15.1. The molecule has 1 aromatic rings. The van der Waals surface area contributed by atoms with Gasteiger partial charge in [0.15, 0.2) is 11.6 Å². The maximum atomic E-state index is 13.5. The highest BCUT2D eigenvalue weighted by molar-refractivity contribution is 5.79. The van der Waals surface area contributed by atoms with E-state index < -0.39 is 11.6 Å². The van der Waals surface area contributed by atoms with Crippen molar-refractivity contribution in [1.29, 1.82) is 0 Å². The summed E-state index contributed by atoms with van der Waals surface area (Å²) in [5, 5.41) is 0. The third-order valence-electron chi connectivity index (χ3n) is 3.58. The Morgan fingerprint density at radius 2 is 2.11 bits per heavy atom. The van der Waals surface area contributed by atoms with Crippen LogP contribution in [0.15, 0.2) is 18.2 Å². The van der Waals surface area contributed by atoms with E-state index in [-0.39, 0.29) is 23.9 Å². The Morgan fingerprint density at radius 1 is 1.37 bits per heavy atom. The molecule has 0 bridgehead atoms. The number of hydrogen-bond acceptors (Lipinski definition) is 2. The number of carbonyl (C=O) groups is 1. The molecule has 0 atom stereocenters. The quantitative estimate of drug-likeness (QED) is 0.885. The largest absolute Gasteiger partial charge is 0.338 e. The zero-order valence-electron chi connectivity index (χ0n) is 10.7. The Kier molecular flexibility index (Phi) is 4.47. The molecular weight excluding hydrogens is 250 g/mol. The first kappa shape index (κ1) is 13.9. The summed E-state index contributed by atoms with van der Waals surface area (Å²) in [5.74, 6) is -2.03. The zero-order chi connectivity index (χ0) is 13.8. The smallest absolute Gasteiger partial charge is 0.227 e. The van der Waals surface area contributed by atoms with Crippen LogP contribution in [0.3, 0.4) is 0 Å². The predicted octanol–water partition coefficient (Wildman–Crippen LogP) is 1.85. The van der Waals surface area contributed by atoms with Crippen LogP contribution < -0.4 is 5.73 Å². The maximum Gasteiger partial charge on any atom is 0.227 e. The number of nitrogens with two attached hydrogens (primary N) is 1. The Balaban J connectivity index is 2.07. The molecule has 104 valence electrons. The minimum absolute atomic E-state index is 0.103. The summed E-state index contributed by atoms with van der Waals surface area (Å²) in [7, 11) is 0. The molecule has 0 aromatic heterocycles. The first-order valence-corrected chi connectivity index (χ1v) is 6.56. The maximum absolute atomic E-state index is 13.5. The highest BCUT2D eigenvalue weighted by atomic mass is 19.2. The summed E-state index contributed by atoms with van der Waals surface area (Å²) in [6.45, 7) is 0.855. The fourth-order valence-corrected chi connectivity index (χ4v) is 2.30. The molecule has 0 aliphatic heterocycles. The van der Waals surface area contributed by atoms with E-state index in [1.807, 2.05) is 0 Å². The van der Waals surface area contributed by atoms with Crippen molar-refractivity contribution >= 4 is 5.91 Å². The number of halogens is 2. The average Bonchev–Trinajstić information content (AvgIpc) is 2.32. The second-order valence-electron chi connectivity index (χ2n) is 4.85. The predicted molar refractivity (Wildman–Crippen MR) is 68.5 cm³/mol. The molecule has 0 saturated heterocycles. The van der Waals surface area contributed by atoms with E-state index in [0.717, 1.165) is 25.3 Å². The van der Waals surface area contributed by atoms with Crippen LogP contribution in [-0.2, 0) is 11.2 Å². The lowest BCUT2D eigenvalue weighted by atomic mass is 9.91. The molecule has 5 heteroatoms. The van der Waals surface area contributed by atoms with Gasteiger partial charge in [0, 0.05) is 24.7 Å². The summed E-state index contributed by atoms with van der Waals surface area (Å²) in [6.07, 6.45) is 2.93. The van der Waals surface area contributed by atoms with Crippen LogP contribution in [0, 0.1) is 11.6 Å². The Labute approximate surface area is 111 Å². The van der Waals surface area contributed by atoms with Crippen molar-refractivity contribution in [1.82, 2.24) is 4.90 Å². The van der Waals surface area contributed by atoms with Gasteiger partial charge in [0.2, 0.25) is 5.91 Å². The van der Waals surface area contributed by atoms with Gasteiger partial charge in [-0.2, -0.15) is 0 Å². The first-order valence-electron chi connectivity index (χ1n) is 6.56. The molecule has 0 spiro atoms. The Bertz CT molecular complexity index is 461. The van der Waals surface area contributed by atoms with Crippen molar-refractivity contribution in [2.24, 2.45) is 5.73 Å². The Hall–Kier alpha value is -1.49. The third kappa shape index (κ3) is 3.10. The van der Waals surface area contributed by atoms with E-state index in [0.29, 0.717) is 13.1 Å². The minimum atomic E-state index is -0.933. The van der Waals surface area contributed by atoms with Gasteiger partial charge >= 0.3 is 0 Å². The monoisotopic (exact) mass is 268 g/mol. The molecular formula is C14H18F2N2O. The lowest BCUT2D eigenvalue weighted by Crippen LogP contribution is -2.47. The highest BCUT2D eigenvalue weighted by Crippen LogP contribution is 2.25. The number of benzene rings is 1. The van der Waals surface area contributed by atoms with Crippen LogP contribution in [0.2, 0.25) is 0 Å². The van der Waals surface area contributed by atoms with E-state index in [1.54, 1.807) is 4.90 Å². The molecule has 0 unspecified atom stereocenters. The minimum Gasteiger partial charge on any atom is -0.338 e. The average molecular weight is 268 g/mol. The van der Waals surface area contributed by atoms with Gasteiger partial charge < -0.3 is 10.6 Å². The summed E-state index contributed by atoms with van der Waals surface area (Å²) in [4.78, 5) is 13.9. The van der Waals surface area contributed by atoms with E-state index in [4.69, 9.17) is 5.73 Å². The highest BCUT2D eigenvalue weighted by Gasteiger charge is 2.28. The lowest BCUT2D eigenvalue weighted by molar-refractivity contribution is -0.134. The van der Waals surface area contributed by atoms with Gasteiger partial charge in [-0.25, -0.2) is 8.78 Å². The first-order chi connectivity index (χ1) is 9.13. The van der Waals surface area contributed by atoms with Gasteiger partial charge in [0.25, 0.3) is 0 Å². The fourth-order valence-electron chi connectivity index (χ4n) is 2.30. The summed E-state index contributed by atoms with van der Waals surface area (Å²) < 4.78 is 26.6. The molecule has 0 heterocycles. The molecule has 1 aliphatic rings. The van der Waals surface area contributed by atoms with E-state index in [1.165, 1.54) is 12.1 Å². The van der Waals surface area contributed by atoms with E-state index in [9.17, 15) is 13.6 Å². The van der Waals surface area contributed by atoms with Gasteiger partial charge in [0.1, 0.15) is 0 Å². The number of hydrogen-bond donors (Lipinski definition) is 1. The van der Waals surface area contributed by atoms with Gasteiger partial charge in [-0.15, -0.1) is 0 Å². The molecule has 3 nitrogen and oxygen atoms in total. The van der Waals surface area contributed by atoms with Crippen LogP contribution in [0.1, 0.15) is 24.8 Å². The van der Waals surface area contributed by atoms with Crippen LogP contribution in [0.25, 0.3) is 0 Å². The van der Waals surface area contributed by atoms with Crippen LogP contribution in [-0.4, -0.2) is 29.9 Å². The molecule has 1 saturated carbocycles. The zero-order valence-corrected chi connectivity index (χ0v) is 10.7. The van der Waals surface area contributed by atoms with Gasteiger partial charge in [-0.05, 0) is 25.3 Å². The van der Waals surface area contributed by atoms with Crippen molar-refractivity contribution in [3.8, 4) is 0 Å². The molecule has 1 aromatic carbocycles. The van der Waals surface area contributed by atoms with Gasteiger partial charge in [-0.1, -0.05) is 12.1 Å². The van der Waals surface area contributed by atoms with Gasteiger partial charge in [0.05, 0.1) is 6.42 Å². The van der Waals surface area contributed by atoms with Crippen molar-refractivity contribution in [2.45, 2.75) is 31.7 Å². The number of amides is 1. The standard InChI is InChI=1S/C14H18F2N2O/c15-12-6-1-3-10(14(12)16)9-13(19)18(8-7-17)11-4-2-5-11/h1,3,6,11H,2,4-5,7-9,17H2. The summed E-state index contributed by atoms with van der Waals surface area (Å²) >= 11 is 0. The number of nitrogens with zero attached hydrogens (tertiary/aromatic N) is 1. The molecule has 19 heavy (non-hydrogen) atoms. The molecule has 1 fully saturated rings. The van der Waals surface area contributed by atoms with E-state index >= 15 is 0 Å². The lowest BCUT2D eigenvalue weighted by Gasteiger charge is -2.37. The second kappa shape index (κ2) is 6.10. The second-order valence-corrected chi connectivity index (χ2v) is 4.85. The fraction of sp³-hybridized carbons (Fsp3) is 0.500. The third-order valence-corrected chi connectivity index (χ3v) is 3.58. The Morgan fingerprint density at radius 3 is 2.68 bits per heavy atom. The number of carbonyl (C=O) groups excluding carboxylic acids is 1. The topological polar surface area (TPSA) is 46.3 Å². The van der Waals surface area contributed by atoms with Crippen molar-refractivity contribution < 1.29 is 13.6 Å². The molecule has 1 aliphatic carbocycles. The SMILES string of the molecule is NCCN(C(=O)Cc1cccc(F)c1F)C1CCC1. The molecule has 1 amide bonds. The summed E-state index contributed by atoms with van der Waals surface area (Å²) in [6, 6.07) is 4.12. The van der Waals surface area contributed by atoms with Gasteiger partial charge in [-0.3, -0.25) is 4.79 Å². The molecule has 0 radical (unpaired) electrons.